The first kappa shape index (κ1) is 19.6. The van der Waals surface area contributed by atoms with Crippen LogP contribution in [0.3, 0.4) is 0 Å². The van der Waals surface area contributed by atoms with Crippen LogP contribution >= 0.6 is 0 Å². The van der Waals surface area contributed by atoms with Gasteiger partial charge >= 0.3 is 0 Å². The van der Waals surface area contributed by atoms with Crippen molar-refractivity contribution >= 4 is 5.78 Å². The monoisotopic (exact) mass is 388 g/mol. The van der Waals surface area contributed by atoms with Gasteiger partial charge in [0.2, 0.25) is 0 Å². The average Bonchev–Trinajstić information content (AvgIpc) is 3.02. The second-order valence-corrected chi connectivity index (χ2v) is 12.2. The van der Waals surface area contributed by atoms with Gasteiger partial charge in [-0.05, 0) is 97.2 Å². The Morgan fingerprint density at radius 3 is 2.46 bits per heavy atom. The van der Waals surface area contributed by atoms with E-state index in [4.69, 9.17) is 1.37 Å². The first-order valence-electron chi connectivity index (χ1n) is 13.2. The molecule has 4 aliphatic carbocycles. The van der Waals surface area contributed by atoms with Gasteiger partial charge in [0.1, 0.15) is 5.78 Å². The Hall–Kier alpha value is -0.330. The van der Waals surface area contributed by atoms with Crippen molar-refractivity contribution in [3.63, 3.8) is 0 Å². The molecule has 0 N–H and O–H groups in total. The van der Waals surface area contributed by atoms with Gasteiger partial charge < -0.3 is 0 Å². The standard InChI is InChI=1S/C27H46O/c1-18(2)7-6-8-19(3)23-11-12-24-22-10-9-20-17-21(28)13-15-26(20,4)25(22)14-16-27(23,24)5/h18-20,22-25H,6-17H2,1-5H3/t19-,20-,22+,23-,24+,25+,26+,27-/m1/s1/i17T/t17-,19-,20-,22+,23-,24+,25+,26+,27-. The molecule has 160 valence electrons. The van der Waals surface area contributed by atoms with Crippen LogP contribution in [-0.2, 0) is 4.79 Å². The van der Waals surface area contributed by atoms with Crippen molar-refractivity contribution < 1.29 is 6.17 Å². The van der Waals surface area contributed by atoms with Crippen molar-refractivity contribution in [1.82, 2.24) is 0 Å². The molecule has 0 bridgehead atoms. The summed E-state index contributed by atoms with van der Waals surface area (Å²) in [5.41, 5.74) is 0.804. The molecule has 9 atom stereocenters. The van der Waals surface area contributed by atoms with Crippen molar-refractivity contribution in [1.29, 1.82) is 0 Å². The molecule has 1 nitrogen and oxygen atoms in total. The van der Waals surface area contributed by atoms with Crippen LogP contribution in [0.2, 0.25) is 0 Å². The summed E-state index contributed by atoms with van der Waals surface area (Å²) in [5.74, 6) is 5.73. The lowest BCUT2D eigenvalue weighted by Gasteiger charge is -2.60. The van der Waals surface area contributed by atoms with Crippen LogP contribution in [0.4, 0.5) is 0 Å². The molecule has 0 aliphatic heterocycles. The molecule has 0 aromatic carbocycles. The van der Waals surface area contributed by atoms with E-state index in [-0.39, 0.29) is 11.2 Å². The van der Waals surface area contributed by atoms with Crippen LogP contribution in [0, 0.1) is 52.3 Å². The minimum Gasteiger partial charge on any atom is -0.300 e. The smallest absolute Gasteiger partial charge is 0.133 e. The van der Waals surface area contributed by atoms with Crippen LogP contribution in [0.25, 0.3) is 0 Å². The Labute approximate surface area is 176 Å². The number of hydrogen-bond donors (Lipinski definition) is 0. The van der Waals surface area contributed by atoms with Crippen molar-refractivity contribution in [3.8, 4) is 0 Å². The van der Waals surface area contributed by atoms with Gasteiger partial charge in [-0.2, -0.15) is 0 Å². The molecule has 4 fully saturated rings. The minimum absolute atomic E-state index is 0.225. The highest BCUT2D eigenvalue weighted by Crippen LogP contribution is 2.68. The molecule has 28 heavy (non-hydrogen) atoms. The summed E-state index contributed by atoms with van der Waals surface area (Å²) in [6, 6.07) is 0. The molecule has 0 aromatic heterocycles. The summed E-state index contributed by atoms with van der Waals surface area (Å²) in [6.45, 7) is 12.4. The van der Waals surface area contributed by atoms with Crippen molar-refractivity contribution in [3.05, 3.63) is 0 Å². The Balaban J connectivity index is 1.48. The van der Waals surface area contributed by atoms with Crippen LogP contribution < -0.4 is 0 Å². The highest BCUT2D eigenvalue weighted by Gasteiger charge is 2.60. The van der Waals surface area contributed by atoms with E-state index in [2.05, 4.69) is 34.6 Å². The van der Waals surface area contributed by atoms with E-state index < -0.39 is 6.40 Å². The van der Waals surface area contributed by atoms with E-state index in [9.17, 15) is 4.79 Å². The number of carbonyl (C=O) groups excluding carboxylic acids is 1. The molecule has 0 aromatic rings. The summed E-state index contributed by atoms with van der Waals surface area (Å²) in [7, 11) is 0. The molecular formula is C27H46O. The van der Waals surface area contributed by atoms with E-state index in [1.54, 1.807) is 0 Å². The maximum atomic E-state index is 12.2. The molecule has 0 radical (unpaired) electrons. The van der Waals surface area contributed by atoms with Crippen LogP contribution in [0.5, 0.6) is 0 Å². The Morgan fingerprint density at radius 2 is 1.71 bits per heavy atom. The number of Topliss-reactive ketones (excluding diaryl/α,β-unsaturated/α-hetero) is 1. The summed E-state index contributed by atoms with van der Waals surface area (Å²) >= 11 is 0. The molecule has 1 heteroatoms. The topological polar surface area (TPSA) is 17.1 Å². The lowest BCUT2D eigenvalue weighted by Crippen LogP contribution is -2.53. The predicted molar refractivity (Wildman–Crippen MR) is 118 cm³/mol. The van der Waals surface area contributed by atoms with E-state index >= 15 is 0 Å². The van der Waals surface area contributed by atoms with Crippen LogP contribution in [0.15, 0.2) is 0 Å². The third kappa shape index (κ3) is 3.41. The average molecular weight is 389 g/mol. The number of fused-ring (bicyclic) bond motifs is 5. The number of ketones is 1. The van der Waals surface area contributed by atoms with Gasteiger partial charge in [-0.25, -0.2) is 0 Å². The Bertz CT molecular complexity index is 614. The molecule has 4 rings (SSSR count). The van der Waals surface area contributed by atoms with E-state index in [0.717, 1.165) is 48.3 Å². The van der Waals surface area contributed by atoms with Crippen molar-refractivity contribution in [2.45, 2.75) is 112 Å². The molecule has 4 aliphatic rings. The zero-order valence-electron chi connectivity index (χ0n) is 20.3. The fourth-order valence-electron chi connectivity index (χ4n) is 8.85. The van der Waals surface area contributed by atoms with Gasteiger partial charge in [-0.15, -0.1) is 0 Å². The number of hydrogen-bond acceptors (Lipinski definition) is 1. The number of carbonyl (C=O) groups is 1. The molecule has 0 amide bonds. The van der Waals surface area contributed by atoms with Gasteiger partial charge in [0.15, 0.2) is 0 Å². The first-order chi connectivity index (χ1) is 13.7. The maximum Gasteiger partial charge on any atom is 0.133 e. The highest BCUT2D eigenvalue weighted by molar-refractivity contribution is 5.79. The third-order valence-corrected chi connectivity index (χ3v) is 10.4. The van der Waals surface area contributed by atoms with Gasteiger partial charge in [0, 0.05) is 14.2 Å². The quantitative estimate of drug-likeness (QED) is 0.472. The van der Waals surface area contributed by atoms with Crippen molar-refractivity contribution in [2.24, 2.45) is 52.3 Å². The van der Waals surface area contributed by atoms with Crippen LogP contribution in [0.1, 0.15) is 113 Å². The molecular weight excluding hydrogens is 340 g/mol. The van der Waals surface area contributed by atoms with Gasteiger partial charge in [-0.1, -0.05) is 53.9 Å². The Kier molecular flexibility index (Phi) is 5.42. The summed E-state index contributed by atoms with van der Waals surface area (Å²) in [5, 5.41) is 0. The predicted octanol–water partition coefficient (Wildman–Crippen LogP) is 7.68. The van der Waals surface area contributed by atoms with E-state index in [1.165, 1.54) is 51.4 Å². The molecule has 0 spiro atoms. The van der Waals surface area contributed by atoms with E-state index in [1.807, 2.05) is 0 Å². The SMILES string of the molecule is [3H][C@H]1C(=O)CC[C@@]2(C)[C@@H]1CC[C@@H]1[C@@H]2CC[C@]2(C)[C@@H]([C@H](C)CCCC(C)C)CC[C@@H]12. The normalized spacial score (nSPS) is 49.9. The largest absolute Gasteiger partial charge is 0.300 e. The summed E-state index contributed by atoms with van der Waals surface area (Å²) < 4.78 is 8.55. The fourth-order valence-corrected chi connectivity index (χ4v) is 8.85. The Morgan fingerprint density at radius 1 is 0.964 bits per heavy atom. The van der Waals surface area contributed by atoms with E-state index in [0.29, 0.717) is 17.8 Å². The second-order valence-electron chi connectivity index (χ2n) is 12.2. The molecule has 0 saturated heterocycles. The second kappa shape index (κ2) is 7.73. The lowest BCUT2D eigenvalue weighted by atomic mass is 9.44. The first-order valence-corrected chi connectivity index (χ1v) is 12.6. The number of rotatable bonds is 5. The summed E-state index contributed by atoms with van der Waals surface area (Å²) in [6.07, 6.45) is 13.6. The minimum atomic E-state index is -0.430. The van der Waals surface area contributed by atoms with Crippen molar-refractivity contribution in [2.75, 3.05) is 0 Å². The zero-order valence-corrected chi connectivity index (χ0v) is 19.3. The lowest BCUT2D eigenvalue weighted by molar-refractivity contribution is -0.140. The fraction of sp³-hybridized carbons (Fsp3) is 0.963. The molecule has 4 saturated carbocycles. The maximum absolute atomic E-state index is 12.2. The molecule has 0 heterocycles. The zero-order chi connectivity index (χ0) is 21.0. The van der Waals surface area contributed by atoms with Gasteiger partial charge in [-0.3, -0.25) is 4.79 Å². The third-order valence-electron chi connectivity index (χ3n) is 10.4. The molecule has 0 unspecified atom stereocenters. The van der Waals surface area contributed by atoms with Gasteiger partial charge in [0.05, 0.1) is 0 Å². The van der Waals surface area contributed by atoms with Gasteiger partial charge in [0.25, 0.3) is 0 Å². The highest BCUT2D eigenvalue weighted by atomic mass is 16.1. The van der Waals surface area contributed by atoms with Crippen LogP contribution in [-0.4, -0.2) is 5.78 Å². The summed E-state index contributed by atoms with van der Waals surface area (Å²) in [4.78, 5) is 12.2.